The molecule has 0 N–H and O–H groups in total. The van der Waals surface area contributed by atoms with Crippen LogP contribution < -0.4 is 0 Å². The molecule has 1 saturated heterocycles. The summed E-state index contributed by atoms with van der Waals surface area (Å²) in [5, 5.41) is 0.638. The van der Waals surface area contributed by atoms with Crippen LogP contribution in [0.4, 0.5) is 0 Å². The fourth-order valence-electron chi connectivity index (χ4n) is 3.92. The Balaban J connectivity index is 1.42. The van der Waals surface area contributed by atoms with Gasteiger partial charge in [-0.25, -0.2) is 0 Å². The fourth-order valence-corrected chi connectivity index (χ4v) is 4.12. The van der Waals surface area contributed by atoms with Gasteiger partial charge in [0.1, 0.15) is 0 Å². The normalized spacial score (nSPS) is 16.3. The number of halogens is 1. The lowest BCUT2D eigenvalue weighted by Crippen LogP contribution is -2.41. The summed E-state index contributed by atoms with van der Waals surface area (Å²) in [6, 6.07) is 13.3. The third kappa shape index (κ3) is 6.56. The average Bonchev–Trinajstić information content (AvgIpc) is 2.78. The molecule has 0 radical (unpaired) electrons. The van der Waals surface area contributed by atoms with E-state index >= 15 is 0 Å². The number of aromatic nitrogens is 1. The number of likely N-dealkylation sites (tertiary alicyclic amines) is 1. The van der Waals surface area contributed by atoms with Crippen LogP contribution >= 0.6 is 11.6 Å². The number of hydrogen-bond donors (Lipinski definition) is 0. The van der Waals surface area contributed by atoms with Gasteiger partial charge >= 0.3 is 0 Å². The predicted molar refractivity (Wildman–Crippen MR) is 119 cm³/mol. The maximum absolute atomic E-state index is 12.7. The van der Waals surface area contributed by atoms with E-state index in [9.17, 15) is 9.59 Å². The lowest BCUT2D eigenvalue weighted by molar-refractivity contribution is -0.132. The second-order valence-electron chi connectivity index (χ2n) is 8.04. The van der Waals surface area contributed by atoms with Crippen molar-refractivity contribution in [3.8, 4) is 0 Å². The van der Waals surface area contributed by atoms with Crippen LogP contribution in [0.1, 0.15) is 36.9 Å². The first-order chi connectivity index (χ1) is 14.5. The maximum atomic E-state index is 12.7. The van der Waals surface area contributed by atoms with Gasteiger partial charge in [0, 0.05) is 56.4 Å². The second kappa shape index (κ2) is 11.1. The van der Waals surface area contributed by atoms with E-state index in [0.29, 0.717) is 30.3 Å². The number of carbonyl (C=O) groups excluding carboxylic acids is 2. The zero-order valence-electron chi connectivity index (χ0n) is 17.6. The molecule has 160 valence electrons. The van der Waals surface area contributed by atoms with Crippen LogP contribution in [0.25, 0.3) is 0 Å². The van der Waals surface area contributed by atoms with E-state index in [1.54, 1.807) is 11.1 Å². The van der Waals surface area contributed by atoms with Gasteiger partial charge in [0.05, 0.1) is 6.42 Å². The van der Waals surface area contributed by atoms with Gasteiger partial charge in [-0.15, -0.1) is 0 Å². The van der Waals surface area contributed by atoms with Crippen molar-refractivity contribution < 1.29 is 9.59 Å². The summed E-state index contributed by atoms with van der Waals surface area (Å²) in [6.07, 6.45) is 6.28. The highest BCUT2D eigenvalue weighted by Gasteiger charge is 2.25. The van der Waals surface area contributed by atoms with Crippen molar-refractivity contribution in [2.24, 2.45) is 5.92 Å². The fraction of sp³-hybridized carbons (Fsp3) is 0.458. The summed E-state index contributed by atoms with van der Waals surface area (Å²) in [5.41, 5.74) is 1.87. The summed E-state index contributed by atoms with van der Waals surface area (Å²) < 4.78 is 0. The number of nitrogens with zero attached hydrogens (tertiary/aromatic N) is 3. The molecule has 1 aliphatic rings. The lowest BCUT2D eigenvalue weighted by atomic mass is 9.92. The molecule has 30 heavy (non-hydrogen) atoms. The van der Waals surface area contributed by atoms with Gasteiger partial charge < -0.3 is 9.80 Å². The molecule has 0 aliphatic carbocycles. The Hall–Kier alpha value is -2.40. The Labute approximate surface area is 184 Å². The van der Waals surface area contributed by atoms with Gasteiger partial charge in [0.25, 0.3) is 0 Å². The van der Waals surface area contributed by atoms with Gasteiger partial charge in [-0.2, -0.15) is 0 Å². The monoisotopic (exact) mass is 427 g/mol. The molecule has 1 fully saturated rings. The van der Waals surface area contributed by atoms with Gasteiger partial charge in [0.15, 0.2) is 0 Å². The molecule has 5 nitrogen and oxygen atoms in total. The summed E-state index contributed by atoms with van der Waals surface area (Å²) in [4.78, 5) is 33.3. The van der Waals surface area contributed by atoms with Gasteiger partial charge in [-0.05, 0) is 48.9 Å². The number of likely N-dealkylation sites (N-methyl/N-ethyl adjacent to an activating group) is 1. The first-order valence-corrected chi connectivity index (χ1v) is 11.1. The standard InChI is InChI=1S/C24H30ClN3O2/c1-27(16-13-21-9-4-5-14-26-21)23(29)12-11-19-7-6-15-28(18-19)24(30)17-20-8-2-3-10-22(20)25/h2-5,8-10,14,19H,6-7,11-13,15-18H2,1H3/t19-/m1/s1. The van der Waals surface area contributed by atoms with Crippen molar-refractivity contribution in [1.29, 1.82) is 0 Å². The van der Waals surface area contributed by atoms with Crippen LogP contribution in [-0.4, -0.2) is 53.3 Å². The first-order valence-electron chi connectivity index (χ1n) is 10.7. The molecule has 2 aromatic rings. The molecule has 0 spiro atoms. The molecule has 0 unspecified atom stereocenters. The number of carbonyl (C=O) groups is 2. The molecule has 1 atom stereocenters. The molecule has 0 saturated carbocycles. The third-order valence-corrected chi connectivity index (χ3v) is 6.16. The molecule has 2 amide bonds. The highest BCUT2D eigenvalue weighted by molar-refractivity contribution is 6.31. The molecule has 6 heteroatoms. The van der Waals surface area contributed by atoms with Crippen molar-refractivity contribution in [1.82, 2.24) is 14.8 Å². The topological polar surface area (TPSA) is 53.5 Å². The molecule has 1 aliphatic heterocycles. The highest BCUT2D eigenvalue weighted by Crippen LogP contribution is 2.23. The zero-order valence-corrected chi connectivity index (χ0v) is 18.4. The van der Waals surface area contributed by atoms with Crippen LogP contribution in [0.3, 0.4) is 0 Å². The third-order valence-electron chi connectivity index (χ3n) is 5.79. The Morgan fingerprint density at radius 3 is 2.77 bits per heavy atom. The SMILES string of the molecule is CN(CCc1ccccn1)C(=O)CC[C@H]1CCCN(C(=O)Cc2ccccc2Cl)C1. The van der Waals surface area contributed by atoms with E-state index in [2.05, 4.69) is 4.98 Å². The largest absolute Gasteiger partial charge is 0.345 e. The molecule has 0 bridgehead atoms. The minimum atomic E-state index is 0.117. The number of rotatable bonds is 8. The van der Waals surface area contributed by atoms with Crippen molar-refractivity contribution in [2.45, 2.75) is 38.5 Å². The van der Waals surface area contributed by atoms with Crippen molar-refractivity contribution >= 4 is 23.4 Å². The Bertz CT molecular complexity index is 843. The van der Waals surface area contributed by atoms with E-state index in [0.717, 1.165) is 50.0 Å². The van der Waals surface area contributed by atoms with E-state index in [1.165, 1.54) is 0 Å². The number of benzene rings is 1. The number of amides is 2. The Morgan fingerprint density at radius 2 is 2.00 bits per heavy atom. The minimum Gasteiger partial charge on any atom is -0.345 e. The maximum Gasteiger partial charge on any atom is 0.227 e. The minimum absolute atomic E-state index is 0.117. The van der Waals surface area contributed by atoms with Gasteiger partial charge in [-0.1, -0.05) is 35.9 Å². The number of pyridine rings is 1. The zero-order chi connectivity index (χ0) is 21.3. The van der Waals surface area contributed by atoms with Crippen molar-refractivity contribution in [3.63, 3.8) is 0 Å². The van der Waals surface area contributed by atoms with E-state index in [4.69, 9.17) is 11.6 Å². The van der Waals surface area contributed by atoms with E-state index in [1.807, 2.05) is 54.4 Å². The lowest BCUT2D eigenvalue weighted by Gasteiger charge is -2.33. The van der Waals surface area contributed by atoms with E-state index in [-0.39, 0.29) is 11.8 Å². The molecular formula is C24H30ClN3O2. The molecular weight excluding hydrogens is 398 g/mol. The smallest absolute Gasteiger partial charge is 0.227 e. The van der Waals surface area contributed by atoms with Crippen LogP contribution in [0.5, 0.6) is 0 Å². The molecule has 1 aromatic heterocycles. The van der Waals surface area contributed by atoms with E-state index < -0.39 is 0 Å². The van der Waals surface area contributed by atoms with Gasteiger partial charge in [0.2, 0.25) is 11.8 Å². The quantitative estimate of drug-likeness (QED) is 0.639. The highest BCUT2D eigenvalue weighted by atomic mass is 35.5. The van der Waals surface area contributed by atoms with Crippen LogP contribution in [-0.2, 0) is 22.4 Å². The average molecular weight is 428 g/mol. The van der Waals surface area contributed by atoms with Gasteiger partial charge in [-0.3, -0.25) is 14.6 Å². The summed E-state index contributed by atoms with van der Waals surface area (Å²) in [6.45, 7) is 2.19. The predicted octanol–water partition coefficient (Wildman–Crippen LogP) is 4.00. The molecule has 3 rings (SSSR count). The summed E-state index contributed by atoms with van der Waals surface area (Å²) >= 11 is 6.20. The number of piperidine rings is 1. The Morgan fingerprint density at radius 1 is 1.20 bits per heavy atom. The molecule has 2 heterocycles. The summed E-state index contributed by atoms with van der Waals surface area (Å²) in [7, 11) is 1.85. The number of hydrogen-bond acceptors (Lipinski definition) is 3. The van der Waals surface area contributed by atoms with Crippen molar-refractivity contribution in [2.75, 3.05) is 26.7 Å². The van der Waals surface area contributed by atoms with Crippen LogP contribution in [0.2, 0.25) is 5.02 Å². The second-order valence-corrected chi connectivity index (χ2v) is 8.45. The van der Waals surface area contributed by atoms with Crippen LogP contribution in [0, 0.1) is 5.92 Å². The van der Waals surface area contributed by atoms with Crippen molar-refractivity contribution in [3.05, 3.63) is 64.9 Å². The molecule has 1 aromatic carbocycles. The Kier molecular flexibility index (Phi) is 8.26. The van der Waals surface area contributed by atoms with Crippen LogP contribution in [0.15, 0.2) is 48.7 Å². The summed E-state index contributed by atoms with van der Waals surface area (Å²) in [5.74, 6) is 0.652. The first kappa shape index (κ1) is 22.3.